The molecule has 356 valence electrons. The lowest BCUT2D eigenvalue weighted by Crippen LogP contribution is -2.58. The molecule has 1 aliphatic heterocycles. The second kappa shape index (κ2) is 29.1. The summed E-state index contributed by atoms with van der Waals surface area (Å²) in [5.74, 6) is -6.38. The number of ether oxygens (including phenoxy) is 1. The molecule has 19 heteroatoms. The summed E-state index contributed by atoms with van der Waals surface area (Å²) in [5, 5.41) is 25.7. The Morgan fingerprint density at radius 2 is 1.62 bits per heavy atom. The number of hydrogen-bond donors (Lipinski definition) is 9. The van der Waals surface area contributed by atoms with Gasteiger partial charge in [0, 0.05) is 55.7 Å². The van der Waals surface area contributed by atoms with E-state index in [2.05, 4.69) is 49.9 Å². The summed E-state index contributed by atoms with van der Waals surface area (Å²) < 4.78 is 5.39. The number of aromatic amines is 1. The van der Waals surface area contributed by atoms with E-state index in [0.29, 0.717) is 31.2 Å². The zero-order valence-corrected chi connectivity index (χ0v) is 37.4. The van der Waals surface area contributed by atoms with E-state index in [1.54, 1.807) is 24.4 Å². The zero-order valence-electron chi connectivity index (χ0n) is 37.4. The Balaban J connectivity index is 1.63. The number of hydrogen-bond acceptors (Lipinski definition) is 11. The first-order chi connectivity index (χ1) is 31.2. The Labute approximate surface area is 379 Å². The number of allylic oxidation sites excluding steroid dienone is 4. The standard InChI is InChI=1S/C46H66N8O11/c1-3-4-5-6-7-9-12-17-32(56)18-13-10-8-11-14-21-39(58)51-35(22-23-38(47)57)44(62)54-42-30(2)65-41(60)28-50-43(61)37(29-55)53-45(63)36(52-40(59)24-25-48-46(42)64)26-31-27-49-34-20-16-15-19-33(31)34/h7,9,12,15-17,19-20,27,30,35-37,42,49,55H,3-6,8,10-11,13-14,18,21-26,28-29H2,1-2H3,(H2,47,57)(H,48,64)(H,50,61)(H,51,58)(H,52,59)(H,53,63)(H,54,62)/b9-7+,17-12+. The topological polar surface area (TPSA) is 297 Å². The maximum atomic E-state index is 13.7. The molecule has 5 unspecified atom stereocenters. The number of nitrogens with one attached hydrogen (secondary N) is 7. The predicted octanol–water partition coefficient (Wildman–Crippen LogP) is 1.47. The van der Waals surface area contributed by atoms with Crippen molar-refractivity contribution in [2.75, 3.05) is 19.7 Å². The normalized spacial score (nSPS) is 19.7. The molecule has 1 aromatic heterocycles. The molecule has 2 heterocycles. The van der Waals surface area contributed by atoms with Gasteiger partial charge in [0.15, 0.2) is 5.78 Å². The second-order valence-electron chi connectivity index (χ2n) is 16.0. The monoisotopic (exact) mass is 906 g/mol. The van der Waals surface area contributed by atoms with Gasteiger partial charge in [-0.2, -0.15) is 0 Å². The van der Waals surface area contributed by atoms with E-state index in [0.717, 1.165) is 43.0 Å². The Hall–Kier alpha value is -6.37. The van der Waals surface area contributed by atoms with Crippen LogP contribution in [0.25, 0.3) is 10.9 Å². The van der Waals surface area contributed by atoms with Crippen LogP contribution in [0.2, 0.25) is 0 Å². The number of nitrogens with two attached hydrogens (primary N) is 1. The third-order valence-electron chi connectivity index (χ3n) is 10.7. The molecule has 0 radical (unpaired) electrons. The molecular weight excluding hydrogens is 841 g/mol. The van der Waals surface area contributed by atoms with Gasteiger partial charge in [-0.3, -0.25) is 43.2 Å². The molecule has 1 fully saturated rings. The molecule has 1 aromatic carbocycles. The lowest BCUT2D eigenvalue weighted by Gasteiger charge is -2.27. The number of cyclic esters (lactones) is 1. The number of primary amides is 1. The highest BCUT2D eigenvalue weighted by Crippen LogP contribution is 2.19. The van der Waals surface area contributed by atoms with Crippen molar-refractivity contribution >= 4 is 64.0 Å². The average molecular weight is 907 g/mol. The second-order valence-corrected chi connectivity index (χ2v) is 16.0. The molecule has 0 spiro atoms. The molecule has 19 nitrogen and oxygen atoms in total. The van der Waals surface area contributed by atoms with Crippen LogP contribution in [0, 0.1) is 0 Å². The van der Waals surface area contributed by atoms with Crippen LogP contribution < -0.4 is 37.6 Å². The van der Waals surface area contributed by atoms with Gasteiger partial charge in [0.05, 0.1) is 6.61 Å². The third kappa shape index (κ3) is 19.9. The zero-order chi connectivity index (χ0) is 47.6. The van der Waals surface area contributed by atoms with Crippen molar-refractivity contribution in [1.82, 2.24) is 36.9 Å². The number of aromatic nitrogens is 1. The number of rotatable bonds is 23. The number of aliphatic hydroxyl groups excluding tert-OH is 1. The molecule has 5 atom stereocenters. The largest absolute Gasteiger partial charge is 0.459 e. The van der Waals surface area contributed by atoms with Crippen molar-refractivity contribution in [1.29, 1.82) is 0 Å². The minimum atomic E-state index is -1.59. The van der Waals surface area contributed by atoms with Gasteiger partial charge in [-0.05, 0) is 56.7 Å². The van der Waals surface area contributed by atoms with E-state index < -0.39 is 90.7 Å². The minimum Gasteiger partial charge on any atom is -0.459 e. The van der Waals surface area contributed by atoms with Crippen molar-refractivity contribution in [2.45, 2.75) is 140 Å². The number of aliphatic hydroxyl groups is 1. The number of amides is 7. The van der Waals surface area contributed by atoms with Gasteiger partial charge in [0.1, 0.15) is 36.8 Å². The fraction of sp³-hybridized carbons (Fsp3) is 0.543. The summed E-state index contributed by atoms with van der Waals surface area (Å²) in [6.07, 6.45) is 15.2. The highest BCUT2D eigenvalue weighted by atomic mass is 16.5. The van der Waals surface area contributed by atoms with E-state index >= 15 is 0 Å². The molecule has 7 amide bonds. The van der Waals surface area contributed by atoms with Crippen molar-refractivity contribution in [3.8, 4) is 0 Å². The van der Waals surface area contributed by atoms with Gasteiger partial charge in [-0.15, -0.1) is 0 Å². The minimum absolute atomic E-state index is 0.0155. The SMILES string of the molecule is CCCCC/C=C/C=C/C(=O)CCCCCCCC(=O)NC(CCC(N)=O)C(=O)NC1C(=O)NCCC(=O)NC(Cc2c[nH]c3ccccc23)C(=O)NC(CO)C(=O)NCC(=O)OC1C. The van der Waals surface area contributed by atoms with Crippen LogP contribution >= 0.6 is 0 Å². The number of H-pyrrole nitrogens is 1. The van der Waals surface area contributed by atoms with E-state index in [1.807, 2.05) is 24.3 Å². The van der Waals surface area contributed by atoms with Gasteiger partial charge >= 0.3 is 5.97 Å². The Kier molecular flexibility index (Phi) is 23.8. The van der Waals surface area contributed by atoms with Crippen LogP contribution in [0.1, 0.15) is 109 Å². The van der Waals surface area contributed by atoms with Gasteiger partial charge in [0.2, 0.25) is 41.4 Å². The molecule has 0 aliphatic carbocycles. The first-order valence-corrected chi connectivity index (χ1v) is 22.5. The molecule has 0 bridgehead atoms. The average Bonchev–Trinajstić information content (AvgIpc) is 3.68. The Bertz CT molecular complexity index is 2000. The van der Waals surface area contributed by atoms with Crippen LogP contribution in [0.3, 0.4) is 0 Å². The lowest BCUT2D eigenvalue weighted by atomic mass is 10.0. The molecule has 10 N–H and O–H groups in total. The molecular formula is C46H66N8O11. The van der Waals surface area contributed by atoms with Gasteiger partial charge in [-0.25, -0.2) is 0 Å². The van der Waals surface area contributed by atoms with Gasteiger partial charge in [-0.1, -0.05) is 75.5 Å². The molecule has 2 aromatic rings. The number of benzene rings is 1. The summed E-state index contributed by atoms with van der Waals surface area (Å²) >= 11 is 0. The van der Waals surface area contributed by atoms with Crippen LogP contribution in [0.5, 0.6) is 0 Å². The van der Waals surface area contributed by atoms with Crippen LogP contribution in [-0.2, 0) is 54.3 Å². The summed E-state index contributed by atoms with van der Waals surface area (Å²) in [5.41, 5.74) is 6.81. The summed E-state index contributed by atoms with van der Waals surface area (Å²) in [4.78, 5) is 120. The maximum absolute atomic E-state index is 13.7. The number of ketones is 1. The van der Waals surface area contributed by atoms with E-state index in [-0.39, 0.29) is 44.4 Å². The van der Waals surface area contributed by atoms with E-state index in [4.69, 9.17) is 10.5 Å². The number of fused-ring (bicyclic) bond motifs is 1. The highest BCUT2D eigenvalue weighted by Gasteiger charge is 2.34. The van der Waals surface area contributed by atoms with Crippen molar-refractivity contribution in [3.05, 3.63) is 60.3 Å². The smallest absolute Gasteiger partial charge is 0.325 e. The fourth-order valence-electron chi connectivity index (χ4n) is 6.99. The summed E-state index contributed by atoms with van der Waals surface area (Å²) in [6.45, 7) is 1.56. The van der Waals surface area contributed by atoms with E-state index in [9.17, 15) is 48.3 Å². The van der Waals surface area contributed by atoms with Crippen LogP contribution in [0.15, 0.2) is 54.8 Å². The van der Waals surface area contributed by atoms with Gasteiger partial charge in [0.25, 0.3) is 0 Å². The first kappa shape index (κ1) is 53.0. The summed E-state index contributed by atoms with van der Waals surface area (Å²) in [7, 11) is 0. The molecule has 0 saturated carbocycles. The molecule has 1 aliphatic rings. The Morgan fingerprint density at radius 3 is 2.35 bits per heavy atom. The van der Waals surface area contributed by atoms with E-state index in [1.165, 1.54) is 13.3 Å². The molecule has 3 rings (SSSR count). The van der Waals surface area contributed by atoms with Crippen molar-refractivity contribution < 1.29 is 53.0 Å². The third-order valence-corrected chi connectivity index (χ3v) is 10.7. The summed E-state index contributed by atoms with van der Waals surface area (Å²) in [6, 6.07) is 1.63. The number of carbonyl (C=O) groups excluding carboxylic acids is 9. The number of unbranched alkanes of at least 4 members (excludes halogenated alkanes) is 7. The van der Waals surface area contributed by atoms with Crippen molar-refractivity contribution in [3.63, 3.8) is 0 Å². The first-order valence-electron chi connectivity index (χ1n) is 22.5. The lowest BCUT2D eigenvalue weighted by molar-refractivity contribution is -0.152. The number of carbonyl (C=O) groups is 9. The maximum Gasteiger partial charge on any atom is 0.325 e. The van der Waals surface area contributed by atoms with Crippen LogP contribution in [-0.4, -0.2) is 113 Å². The van der Waals surface area contributed by atoms with Gasteiger partial charge < -0.3 is 52.5 Å². The van der Waals surface area contributed by atoms with Crippen LogP contribution in [0.4, 0.5) is 0 Å². The van der Waals surface area contributed by atoms with Crippen molar-refractivity contribution in [2.24, 2.45) is 5.73 Å². The number of para-hydroxylation sites is 1. The fourth-order valence-corrected chi connectivity index (χ4v) is 6.99. The Morgan fingerprint density at radius 1 is 0.877 bits per heavy atom. The quantitative estimate of drug-likeness (QED) is 0.0333. The highest BCUT2D eigenvalue weighted by molar-refractivity contribution is 5.95. The molecule has 1 saturated heterocycles. The molecule has 65 heavy (non-hydrogen) atoms. The predicted molar refractivity (Wildman–Crippen MR) is 241 cm³/mol. The number of esters is 1.